The number of benzene rings is 4. The molecule has 0 saturated heterocycles. The Morgan fingerprint density at radius 2 is 1.31 bits per heavy atom. The summed E-state index contributed by atoms with van der Waals surface area (Å²) in [4.78, 5) is 12.5. The van der Waals surface area contributed by atoms with E-state index in [-0.39, 0.29) is 46.8 Å². The van der Waals surface area contributed by atoms with Gasteiger partial charge in [-0.25, -0.2) is 4.57 Å². The van der Waals surface area contributed by atoms with Crippen molar-refractivity contribution in [3.8, 4) is 17.2 Å². The van der Waals surface area contributed by atoms with Gasteiger partial charge < -0.3 is 19.0 Å². The maximum atomic E-state index is 12.5. The van der Waals surface area contributed by atoms with Crippen LogP contribution in [0.15, 0.2) is 91.0 Å². The Labute approximate surface area is 234 Å². The molecule has 0 bridgehead atoms. The number of phenolic OH excluding ortho intramolecular Hbond substituents is 1. The van der Waals surface area contributed by atoms with Gasteiger partial charge in [-0.1, -0.05) is 60.2 Å². The first-order valence-corrected chi connectivity index (χ1v) is 12.6. The largest absolute Gasteiger partial charge is 1.00 e. The van der Waals surface area contributed by atoms with Gasteiger partial charge in [0, 0.05) is 0 Å². The Morgan fingerprint density at radius 1 is 0.750 bits per heavy atom. The molecule has 1 atom stereocenters. The molecule has 7 heteroatoms. The summed E-state index contributed by atoms with van der Waals surface area (Å²) in [5.41, 5.74) is 6.64. The van der Waals surface area contributed by atoms with Crippen LogP contribution in [0.3, 0.4) is 0 Å². The molecular formula is C29H26NaO5P. The fourth-order valence-corrected chi connectivity index (χ4v) is 4.64. The molecule has 0 amide bonds. The molecule has 0 aromatic heterocycles. The summed E-state index contributed by atoms with van der Waals surface area (Å²) in [5.74, 6) is 0.549. The Hall–Kier alpha value is -2.79. The Bertz CT molecular complexity index is 1390. The molecule has 0 heterocycles. The Morgan fingerprint density at radius 3 is 1.89 bits per heavy atom. The van der Waals surface area contributed by atoms with Gasteiger partial charge in [0.2, 0.25) is 0 Å². The van der Waals surface area contributed by atoms with Crippen LogP contribution >= 0.6 is 7.82 Å². The zero-order valence-electron chi connectivity index (χ0n) is 20.8. The first-order chi connectivity index (χ1) is 16.7. The van der Waals surface area contributed by atoms with Crippen LogP contribution in [0.5, 0.6) is 17.2 Å². The number of phenols is 1. The van der Waals surface area contributed by atoms with Gasteiger partial charge in [-0.05, 0) is 96.6 Å². The van der Waals surface area contributed by atoms with Crippen molar-refractivity contribution >= 4 is 19.5 Å². The van der Waals surface area contributed by atoms with E-state index in [1.807, 2.05) is 57.2 Å². The molecule has 1 unspecified atom stereocenters. The average Bonchev–Trinajstić information content (AvgIpc) is 2.77. The van der Waals surface area contributed by atoms with Crippen molar-refractivity contribution in [1.82, 2.24) is 0 Å². The van der Waals surface area contributed by atoms with Crippen molar-refractivity contribution in [2.24, 2.45) is 0 Å². The van der Waals surface area contributed by atoms with Crippen LogP contribution in [0.1, 0.15) is 33.4 Å². The Kier molecular flexibility index (Phi) is 9.24. The van der Waals surface area contributed by atoms with Gasteiger partial charge >= 0.3 is 37.4 Å². The van der Waals surface area contributed by atoms with Gasteiger partial charge in [-0.2, -0.15) is 0 Å². The third-order valence-electron chi connectivity index (χ3n) is 5.33. The minimum atomic E-state index is -4.63. The van der Waals surface area contributed by atoms with Crippen LogP contribution in [0.2, 0.25) is 0 Å². The fourth-order valence-electron chi connectivity index (χ4n) is 3.86. The number of aromatic hydroxyl groups is 1. The summed E-state index contributed by atoms with van der Waals surface area (Å²) in [6.45, 7) is 5.77. The third-order valence-corrected chi connectivity index (χ3v) is 6.20. The molecule has 0 aliphatic rings. The second-order valence-electron chi connectivity index (χ2n) is 8.50. The zero-order chi connectivity index (χ0) is 25.0. The van der Waals surface area contributed by atoms with E-state index in [0.717, 1.165) is 39.0 Å². The second kappa shape index (κ2) is 12.0. The molecule has 36 heavy (non-hydrogen) atoms. The summed E-state index contributed by atoms with van der Waals surface area (Å²) in [7, 11) is -4.63. The Balaban J connectivity index is 0.00000361. The predicted molar refractivity (Wildman–Crippen MR) is 137 cm³/mol. The normalized spacial score (nSPS) is 12.8. The molecule has 0 aliphatic carbocycles. The SMILES string of the molecule is Cc1cccc(C=C(c2ccc(O)cc2)c2ccc(OP(=O)([O-])Oc3cc(C)cc(C)c3)cc2)c1.[Na+]. The summed E-state index contributed by atoms with van der Waals surface area (Å²) in [6, 6.07) is 27.1. The van der Waals surface area contributed by atoms with E-state index in [1.165, 1.54) is 0 Å². The standard InChI is InChI=1S/C29H27O5P.Na/c1-20-5-4-6-23(16-20)19-29(24-7-11-26(30)12-8-24)25-9-13-27(14-10-25)33-35(31,32)34-28-17-21(2)15-22(3)18-28;/h4-19,30H,1-3H3,(H,31,32);/q;+1/p-1. The van der Waals surface area contributed by atoms with E-state index in [1.54, 1.807) is 48.5 Å². The summed E-state index contributed by atoms with van der Waals surface area (Å²) in [5, 5.41) is 9.71. The van der Waals surface area contributed by atoms with E-state index in [0.29, 0.717) is 0 Å². The van der Waals surface area contributed by atoms with Crippen LogP contribution in [-0.2, 0) is 4.57 Å². The first-order valence-electron chi connectivity index (χ1n) is 11.1. The van der Waals surface area contributed by atoms with Crippen LogP contribution in [0, 0.1) is 20.8 Å². The van der Waals surface area contributed by atoms with Gasteiger partial charge in [-0.15, -0.1) is 0 Å². The predicted octanol–water partition coefficient (Wildman–Crippen LogP) is 3.84. The maximum Gasteiger partial charge on any atom is 1.00 e. The van der Waals surface area contributed by atoms with E-state index in [4.69, 9.17) is 9.05 Å². The van der Waals surface area contributed by atoms with Gasteiger partial charge in [-0.3, -0.25) is 0 Å². The quantitative estimate of drug-likeness (QED) is 0.233. The van der Waals surface area contributed by atoms with Crippen LogP contribution in [0.25, 0.3) is 11.6 Å². The first kappa shape index (κ1) is 27.8. The number of phosphoric acid groups is 1. The van der Waals surface area contributed by atoms with Crippen LogP contribution in [0.4, 0.5) is 0 Å². The molecule has 0 radical (unpaired) electrons. The van der Waals surface area contributed by atoms with Crippen molar-refractivity contribution in [3.63, 3.8) is 0 Å². The average molecular weight is 508 g/mol. The summed E-state index contributed by atoms with van der Waals surface area (Å²) < 4.78 is 22.8. The molecular weight excluding hydrogens is 482 g/mol. The molecule has 5 nitrogen and oxygen atoms in total. The number of phosphoric ester groups is 1. The van der Waals surface area contributed by atoms with Crippen molar-refractivity contribution in [2.45, 2.75) is 20.8 Å². The van der Waals surface area contributed by atoms with Crippen molar-refractivity contribution in [2.75, 3.05) is 0 Å². The van der Waals surface area contributed by atoms with Gasteiger partial charge in [0.25, 0.3) is 0 Å². The van der Waals surface area contributed by atoms with E-state index in [9.17, 15) is 14.6 Å². The number of hydrogen-bond acceptors (Lipinski definition) is 5. The monoisotopic (exact) mass is 508 g/mol. The number of rotatable bonds is 7. The van der Waals surface area contributed by atoms with Gasteiger partial charge in [0.1, 0.15) is 17.2 Å². The smallest absolute Gasteiger partial charge is 0.736 e. The molecule has 0 aliphatic heterocycles. The number of aryl methyl sites for hydroxylation is 3. The second-order valence-corrected chi connectivity index (χ2v) is 9.76. The third kappa shape index (κ3) is 7.60. The van der Waals surface area contributed by atoms with Gasteiger partial charge in [0.15, 0.2) is 0 Å². The maximum absolute atomic E-state index is 12.5. The molecule has 0 fully saturated rings. The molecule has 4 rings (SSSR count). The van der Waals surface area contributed by atoms with Crippen molar-refractivity contribution < 1.29 is 53.2 Å². The van der Waals surface area contributed by atoms with Crippen molar-refractivity contribution in [3.05, 3.63) is 124 Å². The summed E-state index contributed by atoms with van der Waals surface area (Å²) >= 11 is 0. The summed E-state index contributed by atoms with van der Waals surface area (Å²) in [6.07, 6.45) is 2.05. The van der Waals surface area contributed by atoms with E-state index in [2.05, 4.69) is 12.1 Å². The van der Waals surface area contributed by atoms with E-state index >= 15 is 0 Å². The van der Waals surface area contributed by atoms with Crippen LogP contribution < -0.4 is 43.5 Å². The molecule has 0 saturated carbocycles. The molecule has 1 N–H and O–H groups in total. The zero-order valence-corrected chi connectivity index (χ0v) is 23.7. The molecule has 0 spiro atoms. The minimum Gasteiger partial charge on any atom is -0.736 e. The molecule has 4 aromatic carbocycles. The molecule has 4 aromatic rings. The van der Waals surface area contributed by atoms with E-state index < -0.39 is 7.82 Å². The topological polar surface area (TPSA) is 78.8 Å². The number of hydrogen-bond donors (Lipinski definition) is 1. The molecule has 178 valence electrons. The van der Waals surface area contributed by atoms with Gasteiger partial charge in [0.05, 0.1) is 0 Å². The fraction of sp³-hybridized carbons (Fsp3) is 0.103. The van der Waals surface area contributed by atoms with Crippen LogP contribution in [-0.4, -0.2) is 5.11 Å². The van der Waals surface area contributed by atoms with Crippen molar-refractivity contribution in [1.29, 1.82) is 0 Å². The minimum absolute atomic E-state index is 0.